The minimum absolute atomic E-state index is 0.132. The molecule has 1 aromatic carbocycles. The van der Waals surface area contributed by atoms with Crippen LogP contribution in [0, 0.1) is 17.3 Å². The fraction of sp³-hybridized carbons (Fsp3) is 0.609. The van der Waals surface area contributed by atoms with Crippen molar-refractivity contribution in [2.24, 2.45) is 17.3 Å². The lowest BCUT2D eigenvalue weighted by molar-refractivity contribution is -0.133. The zero-order valence-electron chi connectivity index (χ0n) is 17.5. The minimum Gasteiger partial charge on any atom is -0.408 e. The molecule has 7 nitrogen and oxygen atoms in total. The Hall–Kier alpha value is -2.57. The average Bonchev–Trinajstić information content (AvgIpc) is 3.55. The molecule has 2 saturated heterocycles. The molecule has 1 N–H and O–H groups in total. The van der Waals surface area contributed by atoms with Crippen LogP contribution >= 0.6 is 0 Å². The molecule has 2 aliphatic carbocycles. The maximum atomic E-state index is 12.8. The molecule has 7 heteroatoms. The first-order valence-corrected chi connectivity index (χ1v) is 11.3. The van der Waals surface area contributed by atoms with Crippen molar-refractivity contribution in [3.63, 3.8) is 0 Å². The van der Waals surface area contributed by atoms with E-state index in [2.05, 4.69) is 50.7 Å². The van der Waals surface area contributed by atoms with Crippen LogP contribution in [-0.2, 0) is 4.79 Å². The number of piperidine rings is 2. The van der Waals surface area contributed by atoms with Gasteiger partial charge in [0.2, 0.25) is 11.8 Å². The Morgan fingerprint density at radius 3 is 2.47 bits per heavy atom. The zero-order chi connectivity index (χ0) is 20.3. The molecular formula is C23H29N5O2. The lowest BCUT2D eigenvalue weighted by atomic mass is 9.93. The number of hydrogen-bond donors (Lipinski definition) is 1. The van der Waals surface area contributed by atoms with E-state index in [-0.39, 0.29) is 11.9 Å². The SMILES string of the molecule is C[C@H](Nc1nnc(C2C3CN(c4ccccc4)CC32)o1)C(=O)N1CCC2(CC1)CC2. The second kappa shape index (κ2) is 6.72. The van der Waals surface area contributed by atoms with E-state index in [9.17, 15) is 4.79 Å². The number of anilines is 2. The number of nitrogens with one attached hydrogen (secondary N) is 1. The van der Waals surface area contributed by atoms with Gasteiger partial charge in [0.1, 0.15) is 6.04 Å². The molecule has 0 radical (unpaired) electrons. The van der Waals surface area contributed by atoms with Gasteiger partial charge in [-0.05, 0) is 62.0 Å². The molecule has 158 valence electrons. The van der Waals surface area contributed by atoms with Crippen molar-refractivity contribution < 1.29 is 9.21 Å². The normalized spacial score (nSPS) is 29.6. The molecule has 1 amide bonds. The molecule has 4 aliphatic rings. The monoisotopic (exact) mass is 407 g/mol. The summed E-state index contributed by atoms with van der Waals surface area (Å²) >= 11 is 0. The minimum atomic E-state index is -0.348. The molecule has 6 rings (SSSR count). The van der Waals surface area contributed by atoms with Crippen LogP contribution in [0.25, 0.3) is 0 Å². The van der Waals surface area contributed by atoms with Crippen LogP contribution in [-0.4, -0.2) is 53.2 Å². The first-order chi connectivity index (χ1) is 14.6. The molecule has 3 heterocycles. The smallest absolute Gasteiger partial charge is 0.316 e. The van der Waals surface area contributed by atoms with Gasteiger partial charge < -0.3 is 19.5 Å². The highest BCUT2D eigenvalue weighted by molar-refractivity contribution is 5.83. The summed E-state index contributed by atoms with van der Waals surface area (Å²) in [5, 5.41) is 11.6. The quantitative estimate of drug-likeness (QED) is 0.821. The number of hydrogen-bond acceptors (Lipinski definition) is 6. The highest BCUT2D eigenvalue weighted by Crippen LogP contribution is 2.58. The lowest BCUT2D eigenvalue weighted by Crippen LogP contribution is -2.45. The Balaban J connectivity index is 1.03. The fourth-order valence-electron chi connectivity index (χ4n) is 5.57. The third kappa shape index (κ3) is 3.15. The lowest BCUT2D eigenvalue weighted by Gasteiger charge is -2.33. The van der Waals surface area contributed by atoms with Crippen LogP contribution in [0.15, 0.2) is 34.7 Å². The molecule has 3 atom stereocenters. The number of benzene rings is 1. The van der Waals surface area contributed by atoms with E-state index >= 15 is 0 Å². The Morgan fingerprint density at radius 2 is 1.80 bits per heavy atom. The van der Waals surface area contributed by atoms with E-state index in [1.165, 1.54) is 18.5 Å². The fourth-order valence-corrected chi connectivity index (χ4v) is 5.57. The number of rotatable bonds is 5. The van der Waals surface area contributed by atoms with Crippen molar-refractivity contribution in [2.75, 3.05) is 36.4 Å². The maximum absolute atomic E-state index is 12.8. The molecule has 1 spiro atoms. The number of aromatic nitrogens is 2. The number of amides is 1. The van der Waals surface area contributed by atoms with E-state index < -0.39 is 0 Å². The molecule has 2 aromatic rings. The first-order valence-electron chi connectivity index (χ1n) is 11.3. The molecule has 0 bridgehead atoms. The van der Waals surface area contributed by atoms with E-state index in [1.807, 2.05) is 11.8 Å². The number of nitrogens with zero attached hydrogens (tertiary/aromatic N) is 4. The van der Waals surface area contributed by atoms with Gasteiger partial charge in [-0.15, -0.1) is 5.10 Å². The van der Waals surface area contributed by atoms with Gasteiger partial charge in [-0.2, -0.15) is 0 Å². The number of likely N-dealkylation sites (tertiary alicyclic amines) is 1. The van der Waals surface area contributed by atoms with E-state index in [0.29, 0.717) is 35.1 Å². The van der Waals surface area contributed by atoms with Gasteiger partial charge in [0.25, 0.3) is 0 Å². The van der Waals surface area contributed by atoms with Crippen LogP contribution in [0.3, 0.4) is 0 Å². The second-order valence-corrected chi connectivity index (χ2v) is 9.73. The van der Waals surface area contributed by atoms with Crippen LogP contribution in [0.2, 0.25) is 0 Å². The Bertz CT molecular complexity index is 918. The van der Waals surface area contributed by atoms with Gasteiger partial charge in [-0.1, -0.05) is 23.3 Å². The van der Waals surface area contributed by atoms with Crippen molar-refractivity contribution in [3.05, 3.63) is 36.2 Å². The van der Waals surface area contributed by atoms with Gasteiger partial charge >= 0.3 is 6.01 Å². The summed E-state index contributed by atoms with van der Waals surface area (Å²) in [5.74, 6) is 2.37. The first kappa shape index (κ1) is 18.2. The standard InChI is InChI=1S/C23H29N5O2/c1-15(21(29)27-11-9-23(7-8-23)10-12-27)24-22-26-25-20(30-22)19-17-13-28(14-18(17)19)16-5-3-2-4-6-16/h2-6,15,17-19H,7-14H2,1H3,(H,24,26)/t15-,17?,18?,19?/m0/s1. The van der Waals surface area contributed by atoms with Crippen LogP contribution in [0.5, 0.6) is 0 Å². The van der Waals surface area contributed by atoms with Crippen molar-refractivity contribution >= 4 is 17.6 Å². The van der Waals surface area contributed by atoms with Gasteiger partial charge in [0, 0.05) is 37.8 Å². The summed E-state index contributed by atoms with van der Waals surface area (Å²) in [6, 6.07) is 10.6. The second-order valence-electron chi connectivity index (χ2n) is 9.73. The third-order valence-corrected chi connectivity index (χ3v) is 7.84. The summed E-state index contributed by atoms with van der Waals surface area (Å²) in [7, 11) is 0. The van der Waals surface area contributed by atoms with Gasteiger partial charge in [-0.3, -0.25) is 4.79 Å². The highest BCUT2D eigenvalue weighted by atomic mass is 16.4. The van der Waals surface area contributed by atoms with Crippen LogP contribution < -0.4 is 10.2 Å². The van der Waals surface area contributed by atoms with E-state index in [4.69, 9.17) is 4.42 Å². The molecule has 2 saturated carbocycles. The van der Waals surface area contributed by atoms with E-state index in [1.54, 1.807) is 0 Å². The van der Waals surface area contributed by atoms with Crippen molar-refractivity contribution in [3.8, 4) is 0 Å². The summed E-state index contributed by atoms with van der Waals surface area (Å²) in [4.78, 5) is 17.2. The zero-order valence-corrected chi connectivity index (χ0v) is 17.5. The number of para-hydroxylation sites is 1. The van der Waals surface area contributed by atoms with Crippen LogP contribution in [0.1, 0.15) is 44.4 Å². The Kier molecular flexibility index (Phi) is 4.08. The van der Waals surface area contributed by atoms with Gasteiger partial charge in [0.15, 0.2) is 0 Å². The third-order valence-electron chi connectivity index (χ3n) is 7.84. The average molecular weight is 408 g/mol. The van der Waals surface area contributed by atoms with Crippen molar-refractivity contribution in [1.82, 2.24) is 15.1 Å². The maximum Gasteiger partial charge on any atom is 0.316 e. The summed E-state index contributed by atoms with van der Waals surface area (Å²) in [6.45, 7) is 5.72. The molecular weight excluding hydrogens is 378 g/mol. The van der Waals surface area contributed by atoms with Crippen molar-refractivity contribution in [2.45, 2.75) is 44.6 Å². The largest absolute Gasteiger partial charge is 0.408 e. The predicted molar refractivity (Wildman–Crippen MR) is 113 cm³/mol. The van der Waals surface area contributed by atoms with Crippen LogP contribution in [0.4, 0.5) is 11.7 Å². The molecule has 2 unspecified atom stereocenters. The number of fused-ring (bicyclic) bond motifs is 1. The molecule has 4 fully saturated rings. The molecule has 1 aromatic heterocycles. The Morgan fingerprint density at radius 1 is 1.10 bits per heavy atom. The highest BCUT2D eigenvalue weighted by Gasteiger charge is 2.59. The van der Waals surface area contributed by atoms with Gasteiger partial charge in [-0.25, -0.2) is 0 Å². The van der Waals surface area contributed by atoms with Crippen molar-refractivity contribution in [1.29, 1.82) is 0 Å². The van der Waals surface area contributed by atoms with Gasteiger partial charge in [0.05, 0.1) is 0 Å². The number of carbonyl (C=O) groups excluding carboxylic acids is 1. The Labute approximate surface area is 176 Å². The summed E-state index contributed by atoms with van der Waals surface area (Å²) < 4.78 is 5.91. The summed E-state index contributed by atoms with van der Waals surface area (Å²) in [5.41, 5.74) is 1.86. The summed E-state index contributed by atoms with van der Waals surface area (Å²) in [6.07, 6.45) is 5.00. The topological polar surface area (TPSA) is 74.5 Å². The van der Waals surface area contributed by atoms with E-state index in [0.717, 1.165) is 39.0 Å². The predicted octanol–water partition coefficient (Wildman–Crippen LogP) is 3.12. The number of carbonyl (C=O) groups is 1. The molecule has 30 heavy (non-hydrogen) atoms. The molecule has 2 aliphatic heterocycles.